The molecule has 6 heteroatoms. The van der Waals surface area contributed by atoms with Gasteiger partial charge in [-0.25, -0.2) is 0 Å². The van der Waals surface area contributed by atoms with Crippen LogP contribution in [0.25, 0.3) is 0 Å². The molecule has 1 saturated heterocycles. The first-order chi connectivity index (χ1) is 7.09. The molecule has 1 aliphatic rings. The number of benzene rings is 1. The van der Waals surface area contributed by atoms with Crippen molar-refractivity contribution in [1.82, 2.24) is 0 Å². The second-order valence-corrected chi connectivity index (χ2v) is 5.81. The third kappa shape index (κ3) is 2.20. The van der Waals surface area contributed by atoms with Crippen LogP contribution in [-0.2, 0) is 4.79 Å². The first-order valence-corrected chi connectivity index (χ1v) is 6.61. The Hall–Kier alpha value is -0.100. The number of halogens is 2. The zero-order chi connectivity index (χ0) is 11.0. The molecule has 2 nitrogen and oxygen atoms in total. The summed E-state index contributed by atoms with van der Waals surface area (Å²) >= 11 is 15.8. The Balaban J connectivity index is 2.45. The highest BCUT2D eigenvalue weighted by molar-refractivity contribution is 9.10. The van der Waals surface area contributed by atoms with Crippen LogP contribution in [0.15, 0.2) is 22.7 Å². The summed E-state index contributed by atoms with van der Waals surface area (Å²) in [7, 11) is 0. The van der Waals surface area contributed by atoms with Crippen LogP contribution in [0.5, 0.6) is 0 Å². The molecule has 0 unspecified atom stereocenters. The first kappa shape index (κ1) is 11.4. The summed E-state index contributed by atoms with van der Waals surface area (Å²) in [5.74, 6) is 0.375. The Morgan fingerprint density at radius 3 is 2.80 bits per heavy atom. The molecule has 0 aromatic heterocycles. The fraction of sp³-hybridized carbons (Fsp3) is 0.111. The normalized spacial score (nSPS) is 16.3. The summed E-state index contributed by atoms with van der Waals surface area (Å²) in [5.41, 5.74) is 0.653. The van der Waals surface area contributed by atoms with Gasteiger partial charge in [-0.2, -0.15) is 0 Å². The van der Waals surface area contributed by atoms with Crippen LogP contribution in [0.1, 0.15) is 0 Å². The number of rotatable bonds is 1. The second kappa shape index (κ2) is 4.41. The average molecular weight is 323 g/mol. The van der Waals surface area contributed by atoms with Crippen molar-refractivity contribution in [2.45, 2.75) is 0 Å². The largest absolute Gasteiger partial charge is 0.273 e. The van der Waals surface area contributed by atoms with Crippen molar-refractivity contribution >= 4 is 67.4 Å². The predicted molar refractivity (Wildman–Crippen MR) is 71.7 cm³/mol. The maximum Gasteiger partial charge on any atom is 0.243 e. The smallest absolute Gasteiger partial charge is 0.243 e. The lowest BCUT2D eigenvalue weighted by atomic mass is 10.3. The molecule has 1 heterocycles. The van der Waals surface area contributed by atoms with E-state index in [0.29, 0.717) is 20.8 Å². The molecule has 0 spiro atoms. The lowest BCUT2D eigenvalue weighted by Gasteiger charge is -2.16. The molecule has 0 N–H and O–H groups in total. The van der Waals surface area contributed by atoms with Crippen LogP contribution in [0.3, 0.4) is 0 Å². The molecule has 0 radical (unpaired) electrons. The minimum atomic E-state index is -0.0192. The van der Waals surface area contributed by atoms with Crippen LogP contribution >= 0.6 is 51.5 Å². The summed E-state index contributed by atoms with van der Waals surface area (Å²) in [5, 5.41) is 0.516. The highest BCUT2D eigenvalue weighted by Gasteiger charge is 2.29. The summed E-state index contributed by atoms with van der Waals surface area (Å²) in [6.45, 7) is 0. The van der Waals surface area contributed by atoms with Gasteiger partial charge in [0, 0.05) is 4.47 Å². The number of carbonyl (C=O) groups is 1. The van der Waals surface area contributed by atoms with Gasteiger partial charge in [-0.05, 0) is 18.2 Å². The quantitative estimate of drug-likeness (QED) is 0.739. The van der Waals surface area contributed by atoms with Gasteiger partial charge in [-0.3, -0.25) is 9.69 Å². The number of thiocarbonyl (C=S) groups is 1. The van der Waals surface area contributed by atoms with Crippen molar-refractivity contribution in [3.05, 3.63) is 27.7 Å². The fourth-order valence-electron chi connectivity index (χ4n) is 1.25. The molecule has 1 fully saturated rings. The number of carbonyl (C=O) groups excluding carboxylic acids is 1. The van der Waals surface area contributed by atoms with E-state index in [1.807, 2.05) is 6.07 Å². The van der Waals surface area contributed by atoms with Gasteiger partial charge in [-0.15, -0.1) is 0 Å². The number of amides is 1. The van der Waals surface area contributed by atoms with Gasteiger partial charge in [0.2, 0.25) is 5.91 Å². The number of thioether (sulfide) groups is 1. The monoisotopic (exact) mass is 321 g/mol. The molecule has 78 valence electrons. The van der Waals surface area contributed by atoms with Crippen molar-refractivity contribution in [1.29, 1.82) is 0 Å². The maximum absolute atomic E-state index is 11.6. The zero-order valence-corrected chi connectivity index (χ0v) is 11.3. The third-order valence-corrected chi connectivity index (χ3v) is 4.05. The molecule has 0 saturated carbocycles. The summed E-state index contributed by atoms with van der Waals surface area (Å²) in [6, 6.07) is 5.36. The minimum absolute atomic E-state index is 0.0192. The minimum Gasteiger partial charge on any atom is -0.273 e. The molecule has 1 amide bonds. The van der Waals surface area contributed by atoms with Crippen LogP contribution < -0.4 is 4.90 Å². The van der Waals surface area contributed by atoms with Crippen LogP contribution in [0.4, 0.5) is 5.69 Å². The Bertz CT molecular complexity index is 436. The van der Waals surface area contributed by atoms with Crippen LogP contribution in [0, 0.1) is 0 Å². The second-order valence-electron chi connectivity index (χ2n) is 2.88. The maximum atomic E-state index is 11.6. The molecule has 15 heavy (non-hydrogen) atoms. The van der Waals surface area contributed by atoms with E-state index in [1.165, 1.54) is 16.7 Å². The van der Waals surface area contributed by atoms with Crippen molar-refractivity contribution in [3.63, 3.8) is 0 Å². The van der Waals surface area contributed by atoms with Gasteiger partial charge in [0.15, 0.2) is 0 Å². The molecule has 1 aromatic rings. The van der Waals surface area contributed by atoms with Crippen molar-refractivity contribution in [2.75, 3.05) is 10.7 Å². The predicted octanol–water partition coefficient (Wildman–Crippen LogP) is 3.47. The van der Waals surface area contributed by atoms with Crippen molar-refractivity contribution in [3.8, 4) is 0 Å². The van der Waals surface area contributed by atoms with Crippen molar-refractivity contribution < 1.29 is 4.79 Å². The van der Waals surface area contributed by atoms with Gasteiger partial charge in [0.1, 0.15) is 4.32 Å². The molecular formula is C9H5BrClNOS2. The molecule has 0 atom stereocenters. The Morgan fingerprint density at radius 1 is 1.53 bits per heavy atom. The summed E-state index contributed by atoms with van der Waals surface area (Å²) in [4.78, 5) is 13.1. The van der Waals surface area contributed by atoms with Crippen LogP contribution in [0.2, 0.25) is 5.02 Å². The van der Waals surface area contributed by atoms with E-state index in [-0.39, 0.29) is 5.91 Å². The number of hydrogen-bond donors (Lipinski definition) is 0. The van der Waals surface area contributed by atoms with Gasteiger partial charge in [-0.1, -0.05) is 51.5 Å². The molecule has 0 aliphatic carbocycles. The SMILES string of the molecule is O=C1CSC(=S)N1c1ccc(Br)cc1Cl. The van der Waals surface area contributed by atoms with E-state index in [1.54, 1.807) is 12.1 Å². The Kier molecular flexibility index (Phi) is 3.35. The lowest BCUT2D eigenvalue weighted by Crippen LogP contribution is -2.28. The molecular weight excluding hydrogens is 318 g/mol. The lowest BCUT2D eigenvalue weighted by molar-refractivity contribution is -0.115. The van der Waals surface area contributed by atoms with Gasteiger partial charge >= 0.3 is 0 Å². The van der Waals surface area contributed by atoms with E-state index >= 15 is 0 Å². The Morgan fingerprint density at radius 2 is 2.27 bits per heavy atom. The number of anilines is 1. The summed E-state index contributed by atoms with van der Waals surface area (Å²) in [6.07, 6.45) is 0. The van der Waals surface area contributed by atoms with E-state index < -0.39 is 0 Å². The number of nitrogens with zero attached hydrogens (tertiary/aromatic N) is 1. The third-order valence-electron chi connectivity index (χ3n) is 1.90. The highest BCUT2D eigenvalue weighted by Crippen LogP contribution is 2.34. The highest BCUT2D eigenvalue weighted by atomic mass is 79.9. The van der Waals surface area contributed by atoms with E-state index in [0.717, 1.165) is 4.47 Å². The van der Waals surface area contributed by atoms with Gasteiger partial charge in [0.25, 0.3) is 0 Å². The Labute approximate surface area is 110 Å². The fourth-order valence-corrected chi connectivity index (χ4v) is 3.09. The van der Waals surface area contributed by atoms with E-state index in [4.69, 9.17) is 23.8 Å². The van der Waals surface area contributed by atoms with Crippen molar-refractivity contribution in [2.24, 2.45) is 0 Å². The van der Waals surface area contributed by atoms with Gasteiger partial charge in [0.05, 0.1) is 16.5 Å². The molecule has 0 bridgehead atoms. The molecule has 1 aliphatic heterocycles. The van der Waals surface area contributed by atoms with Gasteiger partial charge < -0.3 is 0 Å². The standard InChI is InChI=1S/C9H5BrClNOS2/c10-5-1-2-7(6(11)3-5)12-8(13)4-15-9(12)14/h1-3H,4H2. The van der Waals surface area contributed by atoms with Crippen LogP contribution in [-0.4, -0.2) is 16.0 Å². The number of hydrogen-bond acceptors (Lipinski definition) is 3. The van der Waals surface area contributed by atoms with E-state index in [2.05, 4.69) is 15.9 Å². The summed E-state index contributed by atoms with van der Waals surface area (Å²) < 4.78 is 1.44. The zero-order valence-electron chi connectivity index (χ0n) is 7.37. The first-order valence-electron chi connectivity index (χ1n) is 4.04. The molecule has 1 aromatic carbocycles. The molecule has 2 rings (SSSR count). The average Bonchev–Trinajstić information content (AvgIpc) is 2.48. The van der Waals surface area contributed by atoms with E-state index in [9.17, 15) is 4.79 Å². The topological polar surface area (TPSA) is 20.3 Å².